The maximum Gasteiger partial charge on any atom is 0.226 e. The minimum absolute atomic E-state index is 0.0625. The summed E-state index contributed by atoms with van der Waals surface area (Å²) >= 11 is 0. The molecule has 1 aliphatic heterocycles. The van der Waals surface area contributed by atoms with Crippen molar-refractivity contribution in [1.82, 2.24) is 0 Å². The number of anilines is 1. The van der Waals surface area contributed by atoms with Crippen molar-refractivity contribution in [1.29, 1.82) is 0 Å². The summed E-state index contributed by atoms with van der Waals surface area (Å²) in [5, 5.41) is 11.7. The average Bonchev–Trinajstić information content (AvgIpc) is 2.69. The third-order valence-corrected chi connectivity index (χ3v) is 3.98. The Kier molecular flexibility index (Phi) is 5.31. The molecular formula is C17H22N2O3. The number of rotatable bonds is 5. The summed E-state index contributed by atoms with van der Waals surface area (Å²) in [5.41, 5.74) is 2.48. The van der Waals surface area contributed by atoms with Gasteiger partial charge in [-0.1, -0.05) is 18.5 Å². The molecule has 0 bridgehead atoms. The highest BCUT2D eigenvalue weighted by atomic mass is 16.4. The molecule has 1 amide bonds. The minimum atomic E-state index is -0.291. The monoisotopic (exact) mass is 302 g/mol. The Morgan fingerprint density at radius 3 is 2.82 bits per heavy atom. The first kappa shape index (κ1) is 16.2. The predicted octanol–water partition coefficient (Wildman–Crippen LogP) is 3.19. The van der Waals surface area contributed by atoms with Gasteiger partial charge in [0.2, 0.25) is 11.7 Å². The number of carbonyl (C=O) groups excluding carboxylic acids is 2. The van der Waals surface area contributed by atoms with Crippen molar-refractivity contribution in [3.63, 3.8) is 0 Å². The molecule has 118 valence electrons. The van der Waals surface area contributed by atoms with E-state index in [0.29, 0.717) is 18.5 Å². The van der Waals surface area contributed by atoms with Gasteiger partial charge in [-0.05, 0) is 49.9 Å². The number of benzene rings is 1. The summed E-state index contributed by atoms with van der Waals surface area (Å²) in [5.74, 6) is -0.139. The quantitative estimate of drug-likeness (QED) is 0.393. The zero-order chi connectivity index (χ0) is 16.1. The lowest BCUT2D eigenvalue weighted by Gasteiger charge is -2.23. The van der Waals surface area contributed by atoms with Gasteiger partial charge >= 0.3 is 0 Å². The third-order valence-electron chi connectivity index (χ3n) is 3.98. The first-order valence-corrected chi connectivity index (χ1v) is 7.75. The van der Waals surface area contributed by atoms with Crippen LogP contribution in [0.1, 0.15) is 55.5 Å². The maximum absolute atomic E-state index is 12.3. The molecule has 0 aliphatic carbocycles. The van der Waals surface area contributed by atoms with Crippen LogP contribution >= 0.6 is 0 Å². The van der Waals surface area contributed by atoms with E-state index in [-0.39, 0.29) is 17.4 Å². The van der Waals surface area contributed by atoms with Crippen molar-refractivity contribution >= 4 is 23.1 Å². The number of amides is 1. The fourth-order valence-electron chi connectivity index (χ4n) is 2.71. The molecule has 0 unspecified atom stereocenters. The van der Waals surface area contributed by atoms with Crippen LogP contribution in [0.2, 0.25) is 0 Å². The summed E-state index contributed by atoms with van der Waals surface area (Å²) in [4.78, 5) is 26.2. The van der Waals surface area contributed by atoms with E-state index >= 15 is 0 Å². The normalized spacial score (nSPS) is 15.5. The first-order chi connectivity index (χ1) is 10.6. The summed E-state index contributed by atoms with van der Waals surface area (Å²) in [6, 6.07) is 5.36. The standard InChI is InChI=1S/C17H22N2O3/c1-3-4-10-19-15-9-8-14(17(21)12(2)18-22)11-13(15)6-5-7-16(19)20/h8-9,11,22H,3-7,10H2,1-2H3/b18-12-. The van der Waals surface area contributed by atoms with Gasteiger partial charge < -0.3 is 10.1 Å². The Balaban J connectivity index is 2.37. The average molecular weight is 302 g/mol. The van der Waals surface area contributed by atoms with Gasteiger partial charge in [0, 0.05) is 24.2 Å². The van der Waals surface area contributed by atoms with Crippen LogP contribution in [0.3, 0.4) is 0 Å². The van der Waals surface area contributed by atoms with Crippen LogP contribution in [-0.4, -0.2) is 29.2 Å². The van der Waals surface area contributed by atoms with Gasteiger partial charge in [-0.25, -0.2) is 0 Å². The van der Waals surface area contributed by atoms with E-state index in [1.165, 1.54) is 6.92 Å². The fraction of sp³-hybridized carbons (Fsp3) is 0.471. The van der Waals surface area contributed by atoms with Gasteiger partial charge in [0.05, 0.1) is 0 Å². The molecule has 22 heavy (non-hydrogen) atoms. The molecule has 0 radical (unpaired) electrons. The molecule has 0 aromatic heterocycles. The maximum atomic E-state index is 12.3. The summed E-state index contributed by atoms with van der Waals surface area (Å²) in [6.45, 7) is 4.29. The highest BCUT2D eigenvalue weighted by Gasteiger charge is 2.23. The smallest absolute Gasteiger partial charge is 0.226 e. The van der Waals surface area contributed by atoms with Gasteiger partial charge in [0.15, 0.2) is 0 Å². The highest BCUT2D eigenvalue weighted by Crippen LogP contribution is 2.28. The predicted molar refractivity (Wildman–Crippen MR) is 85.9 cm³/mol. The van der Waals surface area contributed by atoms with E-state index in [1.807, 2.05) is 17.0 Å². The van der Waals surface area contributed by atoms with Crippen LogP contribution in [0.5, 0.6) is 0 Å². The Hall–Kier alpha value is -2.17. The lowest BCUT2D eigenvalue weighted by atomic mass is 10.0. The van der Waals surface area contributed by atoms with Gasteiger partial charge in [0.1, 0.15) is 5.71 Å². The third kappa shape index (κ3) is 3.35. The van der Waals surface area contributed by atoms with Crippen LogP contribution < -0.4 is 4.90 Å². The number of hydrogen-bond donors (Lipinski definition) is 1. The van der Waals surface area contributed by atoms with E-state index in [0.717, 1.165) is 36.9 Å². The Bertz CT molecular complexity index is 608. The van der Waals surface area contributed by atoms with E-state index in [4.69, 9.17) is 5.21 Å². The van der Waals surface area contributed by atoms with Crippen molar-refractivity contribution in [2.24, 2.45) is 5.16 Å². The number of hydrogen-bond acceptors (Lipinski definition) is 4. The van der Waals surface area contributed by atoms with Crippen molar-refractivity contribution in [2.45, 2.75) is 46.0 Å². The molecule has 1 N–H and O–H groups in total. The Labute approximate surface area is 130 Å². The van der Waals surface area contributed by atoms with Gasteiger partial charge in [0.25, 0.3) is 0 Å². The number of unbranched alkanes of at least 4 members (excludes halogenated alkanes) is 1. The SMILES string of the molecule is CCCCN1C(=O)CCCc2cc(C(=O)/C(C)=N\O)ccc21. The topological polar surface area (TPSA) is 70.0 Å². The Morgan fingerprint density at radius 1 is 1.36 bits per heavy atom. The second-order valence-corrected chi connectivity index (χ2v) is 5.61. The van der Waals surface area contributed by atoms with Crippen molar-refractivity contribution in [3.05, 3.63) is 29.3 Å². The number of ketones is 1. The highest BCUT2D eigenvalue weighted by molar-refractivity contribution is 6.45. The molecule has 0 atom stereocenters. The van der Waals surface area contributed by atoms with Crippen molar-refractivity contribution in [3.8, 4) is 0 Å². The molecule has 5 nitrogen and oxygen atoms in total. The first-order valence-electron chi connectivity index (χ1n) is 7.75. The largest absolute Gasteiger partial charge is 0.411 e. The molecule has 1 aliphatic rings. The zero-order valence-electron chi connectivity index (χ0n) is 13.1. The molecule has 1 heterocycles. The molecule has 1 aromatic rings. The fourth-order valence-corrected chi connectivity index (χ4v) is 2.71. The summed E-state index contributed by atoms with van der Waals surface area (Å²) in [7, 11) is 0. The van der Waals surface area contributed by atoms with Crippen LogP contribution in [0, 0.1) is 0 Å². The number of Topliss-reactive ketones (excluding diaryl/α,β-unsaturated/α-hetero) is 1. The lowest BCUT2D eigenvalue weighted by Crippen LogP contribution is -2.31. The minimum Gasteiger partial charge on any atom is -0.411 e. The van der Waals surface area contributed by atoms with Gasteiger partial charge in [-0.15, -0.1) is 0 Å². The zero-order valence-corrected chi connectivity index (χ0v) is 13.1. The lowest BCUT2D eigenvalue weighted by molar-refractivity contribution is -0.118. The summed E-state index contributed by atoms with van der Waals surface area (Å²) < 4.78 is 0. The van der Waals surface area contributed by atoms with E-state index in [1.54, 1.807) is 6.07 Å². The number of carbonyl (C=O) groups is 2. The molecule has 0 saturated carbocycles. The van der Waals surface area contributed by atoms with Crippen LogP contribution in [0.4, 0.5) is 5.69 Å². The molecular weight excluding hydrogens is 280 g/mol. The Morgan fingerprint density at radius 2 is 2.14 bits per heavy atom. The molecule has 0 fully saturated rings. The molecule has 2 rings (SSSR count). The van der Waals surface area contributed by atoms with Crippen LogP contribution in [0.25, 0.3) is 0 Å². The van der Waals surface area contributed by atoms with E-state index in [2.05, 4.69) is 12.1 Å². The molecule has 0 saturated heterocycles. The second kappa shape index (κ2) is 7.20. The molecule has 0 spiro atoms. The van der Waals surface area contributed by atoms with E-state index in [9.17, 15) is 9.59 Å². The van der Waals surface area contributed by atoms with Crippen molar-refractivity contribution in [2.75, 3.05) is 11.4 Å². The van der Waals surface area contributed by atoms with Crippen molar-refractivity contribution < 1.29 is 14.8 Å². The van der Waals surface area contributed by atoms with Gasteiger partial charge in [-0.2, -0.15) is 0 Å². The molecule has 1 aromatic carbocycles. The summed E-state index contributed by atoms with van der Waals surface area (Å²) in [6.07, 6.45) is 4.10. The van der Waals surface area contributed by atoms with Crippen LogP contribution in [-0.2, 0) is 11.2 Å². The molecule has 5 heteroatoms. The number of nitrogens with zero attached hydrogens (tertiary/aromatic N) is 2. The number of fused-ring (bicyclic) bond motifs is 1. The van der Waals surface area contributed by atoms with Crippen LogP contribution in [0.15, 0.2) is 23.4 Å². The second-order valence-electron chi connectivity index (χ2n) is 5.61. The number of aryl methyl sites for hydroxylation is 1. The van der Waals surface area contributed by atoms with Gasteiger partial charge in [-0.3, -0.25) is 9.59 Å². The van der Waals surface area contributed by atoms with E-state index < -0.39 is 0 Å². The number of oxime groups is 1.